The highest BCUT2D eigenvalue weighted by Crippen LogP contribution is 2.33. The minimum atomic E-state index is -0.497. The number of halogens is 1. The van der Waals surface area contributed by atoms with Gasteiger partial charge in [0.05, 0.1) is 12.3 Å². The van der Waals surface area contributed by atoms with Gasteiger partial charge in [0.25, 0.3) is 0 Å². The molecular weight excluding hydrogens is 207 g/mol. The summed E-state index contributed by atoms with van der Waals surface area (Å²) in [4.78, 5) is 1.92. The van der Waals surface area contributed by atoms with Crippen molar-refractivity contribution in [3.8, 4) is 6.07 Å². The number of anilines is 1. The van der Waals surface area contributed by atoms with Crippen molar-refractivity contribution in [2.24, 2.45) is 0 Å². The lowest BCUT2D eigenvalue weighted by Crippen LogP contribution is -2.29. The first-order chi connectivity index (χ1) is 7.77. The van der Waals surface area contributed by atoms with Crippen molar-refractivity contribution in [1.29, 1.82) is 5.26 Å². The molecule has 1 aliphatic rings. The Hall–Kier alpha value is -1.60. The predicted octanol–water partition coefficient (Wildman–Crippen LogP) is 1.66. The van der Waals surface area contributed by atoms with Gasteiger partial charge in [-0.25, -0.2) is 4.39 Å². The Balaban J connectivity index is 2.37. The van der Waals surface area contributed by atoms with Crippen LogP contribution in [-0.2, 0) is 0 Å². The second kappa shape index (κ2) is 4.50. The van der Waals surface area contributed by atoms with Crippen LogP contribution in [0.25, 0.3) is 0 Å². The van der Waals surface area contributed by atoms with Crippen molar-refractivity contribution >= 4 is 5.69 Å². The molecule has 1 N–H and O–H groups in total. The molecule has 0 bridgehead atoms. The average Bonchev–Trinajstić information content (AvgIpc) is 3.09. The second-order valence-corrected chi connectivity index (χ2v) is 3.89. The van der Waals surface area contributed by atoms with E-state index in [4.69, 9.17) is 10.4 Å². The Morgan fingerprint density at radius 1 is 1.50 bits per heavy atom. The van der Waals surface area contributed by atoms with E-state index in [-0.39, 0.29) is 12.2 Å². The van der Waals surface area contributed by atoms with Crippen LogP contribution in [-0.4, -0.2) is 24.3 Å². The van der Waals surface area contributed by atoms with Gasteiger partial charge in [-0.2, -0.15) is 5.26 Å². The summed E-state index contributed by atoms with van der Waals surface area (Å²) in [5, 5.41) is 17.9. The van der Waals surface area contributed by atoms with Crippen LogP contribution >= 0.6 is 0 Å². The van der Waals surface area contributed by atoms with E-state index in [9.17, 15) is 4.39 Å². The van der Waals surface area contributed by atoms with Gasteiger partial charge in [-0.05, 0) is 25.0 Å². The largest absolute Gasteiger partial charge is 0.395 e. The minimum Gasteiger partial charge on any atom is -0.395 e. The molecule has 2 rings (SSSR count). The van der Waals surface area contributed by atoms with E-state index < -0.39 is 5.82 Å². The number of benzene rings is 1. The molecule has 1 aromatic rings. The Morgan fingerprint density at radius 2 is 2.25 bits per heavy atom. The molecule has 0 radical (unpaired) electrons. The van der Waals surface area contributed by atoms with Gasteiger partial charge in [-0.1, -0.05) is 6.07 Å². The van der Waals surface area contributed by atoms with Gasteiger partial charge < -0.3 is 10.0 Å². The fourth-order valence-electron chi connectivity index (χ4n) is 1.86. The van der Waals surface area contributed by atoms with E-state index >= 15 is 0 Å². The van der Waals surface area contributed by atoms with Gasteiger partial charge in [0.15, 0.2) is 0 Å². The lowest BCUT2D eigenvalue weighted by atomic mass is 10.1. The van der Waals surface area contributed by atoms with Crippen LogP contribution in [0.1, 0.15) is 18.4 Å². The molecule has 1 aliphatic carbocycles. The monoisotopic (exact) mass is 220 g/mol. The van der Waals surface area contributed by atoms with Crippen LogP contribution in [0.3, 0.4) is 0 Å². The maximum Gasteiger partial charge on any atom is 0.143 e. The topological polar surface area (TPSA) is 47.3 Å². The number of rotatable bonds is 4. The summed E-state index contributed by atoms with van der Waals surface area (Å²) in [6, 6.07) is 6.85. The van der Waals surface area contributed by atoms with Crippen LogP contribution in [0.4, 0.5) is 10.1 Å². The van der Waals surface area contributed by atoms with E-state index in [1.807, 2.05) is 11.0 Å². The summed E-state index contributed by atoms with van der Waals surface area (Å²) in [7, 11) is 0. The normalized spacial score (nSPS) is 14.6. The van der Waals surface area contributed by atoms with E-state index in [1.54, 1.807) is 12.1 Å². The molecule has 0 saturated heterocycles. The standard InChI is InChI=1S/C12H13FN2O/c13-11-2-1-3-12(10(11)8-14)15(6-7-16)9-4-5-9/h1-3,9,16H,4-7H2. The highest BCUT2D eigenvalue weighted by molar-refractivity contribution is 5.61. The molecule has 4 heteroatoms. The van der Waals surface area contributed by atoms with Crippen molar-refractivity contribution in [3.05, 3.63) is 29.6 Å². The van der Waals surface area contributed by atoms with Gasteiger partial charge in [-0.15, -0.1) is 0 Å². The van der Waals surface area contributed by atoms with Crippen molar-refractivity contribution < 1.29 is 9.50 Å². The molecule has 0 unspecified atom stereocenters. The Morgan fingerprint density at radius 3 is 2.81 bits per heavy atom. The van der Waals surface area contributed by atoms with Gasteiger partial charge in [0.1, 0.15) is 17.4 Å². The van der Waals surface area contributed by atoms with Crippen LogP contribution in [0.2, 0.25) is 0 Å². The summed E-state index contributed by atoms with van der Waals surface area (Å²) < 4.78 is 13.4. The number of aliphatic hydroxyl groups is 1. The molecule has 0 atom stereocenters. The number of nitrogens with zero attached hydrogens (tertiary/aromatic N) is 2. The zero-order chi connectivity index (χ0) is 11.5. The van der Waals surface area contributed by atoms with E-state index in [0.717, 1.165) is 12.8 Å². The van der Waals surface area contributed by atoms with E-state index in [0.29, 0.717) is 18.3 Å². The number of nitriles is 1. The molecule has 1 saturated carbocycles. The molecule has 0 amide bonds. The number of hydrogen-bond acceptors (Lipinski definition) is 3. The van der Waals surface area contributed by atoms with E-state index in [2.05, 4.69) is 0 Å². The molecule has 84 valence electrons. The third-order valence-electron chi connectivity index (χ3n) is 2.74. The quantitative estimate of drug-likeness (QED) is 0.839. The van der Waals surface area contributed by atoms with Crippen molar-refractivity contribution in [3.63, 3.8) is 0 Å². The molecule has 3 nitrogen and oxygen atoms in total. The lowest BCUT2D eigenvalue weighted by molar-refractivity contribution is 0.301. The third-order valence-corrected chi connectivity index (χ3v) is 2.74. The fourth-order valence-corrected chi connectivity index (χ4v) is 1.86. The van der Waals surface area contributed by atoms with Gasteiger partial charge in [-0.3, -0.25) is 0 Å². The number of hydrogen-bond donors (Lipinski definition) is 1. The van der Waals surface area contributed by atoms with Crippen molar-refractivity contribution in [2.45, 2.75) is 18.9 Å². The second-order valence-electron chi connectivity index (χ2n) is 3.89. The van der Waals surface area contributed by atoms with Gasteiger partial charge >= 0.3 is 0 Å². The predicted molar refractivity (Wildman–Crippen MR) is 58.6 cm³/mol. The Bertz CT molecular complexity index is 424. The molecule has 0 aromatic heterocycles. The zero-order valence-electron chi connectivity index (χ0n) is 8.86. The Labute approximate surface area is 93.7 Å². The zero-order valence-corrected chi connectivity index (χ0v) is 8.86. The molecular formula is C12H13FN2O. The molecule has 0 spiro atoms. The first-order valence-corrected chi connectivity index (χ1v) is 5.34. The fraction of sp³-hybridized carbons (Fsp3) is 0.417. The molecule has 16 heavy (non-hydrogen) atoms. The van der Waals surface area contributed by atoms with Gasteiger partial charge in [0, 0.05) is 12.6 Å². The van der Waals surface area contributed by atoms with Crippen LogP contribution in [0.5, 0.6) is 0 Å². The summed E-state index contributed by atoms with van der Waals surface area (Å²) in [6.45, 7) is 0.459. The van der Waals surface area contributed by atoms with Crippen molar-refractivity contribution in [2.75, 3.05) is 18.1 Å². The number of aliphatic hydroxyl groups excluding tert-OH is 1. The van der Waals surface area contributed by atoms with Crippen molar-refractivity contribution in [1.82, 2.24) is 0 Å². The minimum absolute atomic E-state index is 0.0118. The summed E-state index contributed by atoms with van der Waals surface area (Å²) in [5.41, 5.74) is 0.668. The summed E-state index contributed by atoms with van der Waals surface area (Å²) >= 11 is 0. The average molecular weight is 220 g/mol. The SMILES string of the molecule is N#Cc1c(F)cccc1N(CCO)C1CC1. The highest BCUT2D eigenvalue weighted by Gasteiger charge is 2.30. The highest BCUT2D eigenvalue weighted by atomic mass is 19.1. The lowest BCUT2D eigenvalue weighted by Gasteiger charge is -2.24. The first kappa shape index (κ1) is 10.9. The van der Waals surface area contributed by atoms with Crippen LogP contribution < -0.4 is 4.90 Å². The summed E-state index contributed by atoms with van der Waals surface area (Å²) in [5.74, 6) is -0.497. The van der Waals surface area contributed by atoms with E-state index in [1.165, 1.54) is 6.07 Å². The third kappa shape index (κ3) is 2.00. The molecule has 0 aliphatic heterocycles. The Kier molecular flexibility index (Phi) is 3.07. The van der Waals surface area contributed by atoms with Crippen LogP contribution in [0.15, 0.2) is 18.2 Å². The smallest absolute Gasteiger partial charge is 0.143 e. The molecule has 1 fully saturated rings. The first-order valence-electron chi connectivity index (χ1n) is 5.34. The maximum atomic E-state index is 13.4. The van der Waals surface area contributed by atoms with Crippen LogP contribution in [0, 0.1) is 17.1 Å². The molecule has 1 aromatic carbocycles. The van der Waals surface area contributed by atoms with Gasteiger partial charge in [0.2, 0.25) is 0 Å². The molecule has 0 heterocycles. The summed E-state index contributed by atoms with van der Waals surface area (Å²) in [6.07, 6.45) is 2.09. The maximum absolute atomic E-state index is 13.4.